The second-order valence-electron chi connectivity index (χ2n) is 4.88. The number of aryl methyl sites for hydroxylation is 1. The Balaban J connectivity index is 2.31. The van der Waals surface area contributed by atoms with Gasteiger partial charge in [-0.25, -0.2) is 0 Å². The molecule has 5 nitrogen and oxygen atoms in total. The fraction of sp³-hybridized carbons (Fsp3) is 0.538. The Labute approximate surface area is 106 Å². The van der Waals surface area contributed by atoms with Crippen molar-refractivity contribution in [2.24, 2.45) is 0 Å². The van der Waals surface area contributed by atoms with E-state index in [0.29, 0.717) is 30.8 Å². The fourth-order valence-electron chi connectivity index (χ4n) is 2.21. The van der Waals surface area contributed by atoms with E-state index in [1.807, 2.05) is 6.92 Å². The number of furan rings is 1. The quantitative estimate of drug-likeness (QED) is 0.857. The van der Waals surface area contributed by atoms with E-state index in [2.05, 4.69) is 5.32 Å². The van der Waals surface area contributed by atoms with Gasteiger partial charge in [0.25, 0.3) is 5.91 Å². The second kappa shape index (κ2) is 4.48. The molecule has 1 N–H and O–H groups in total. The molecule has 2 amide bonds. The molecule has 0 spiro atoms. The molecule has 1 aromatic rings. The Bertz CT molecular complexity index is 476. The minimum Gasteiger partial charge on any atom is -0.469 e. The Morgan fingerprint density at radius 1 is 1.56 bits per heavy atom. The molecule has 18 heavy (non-hydrogen) atoms. The van der Waals surface area contributed by atoms with Crippen LogP contribution in [0.2, 0.25) is 0 Å². The Hall–Kier alpha value is -1.78. The standard InChI is InChI=1S/C13H18N2O3/c1-4-10-9(5-8-18-10)11(16)15-7-6-14-12(17)13(15,2)3/h5,8H,4,6-7H2,1-3H3,(H,14,17). The molecule has 1 aromatic heterocycles. The predicted octanol–water partition coefficient (Wildman–Crippen LogP) is 1.19. The highest BCUT2D eigenvalue weighted by atomic mass is 16.3. The van der Waals surface area contributed by atoms with E-state index in [1.54, 1.807) is 24.8 Å². The van der Waals surface area contributed by atoms with Crippen molar-refractivity contribution < 1.29 is 14.0 Å². The largest absolute Gasteiger partial charge is 0.469 e. The third-order valence-electron chi connectivity index (χ3n) is 3.39. The van der Waals surface area contributed by atoms with E-state index in [4.69, 9.17) is 4.42 Å². The van der Waals surface area contributed by atoms with Gasteiger partial charge in [0.1, 0.15) is 11.3 Å². The lowest BCUT2D eigenvalue weighted by molar-refractivity contribution is -0.133. The van der Waals surface area contributed by atoms with Gasteiger partial charge in [0.2, 0.25) is 5.91 Å². The Kier molecular flexibility index (Phi) is 3.15. The molecule has 5 heteroatoms. The van der Waals surface area contributed by atoms with E-state index in [0.717, 1.165) is 0 Å². The molecular formula is C13H18N2O3. The summed E-state index contributed by atoms with van der Waals surface area (Å²) in [6.07, 6.45) is 2.18. The molecule has 1 saturated heterocycles. The number of rotatable bonds is 2. The molecule has 0 radical (unpaired) electrons. The molecular weight excluding hydrogens is 232 g/mol. The summed E-state index contributed by atoms with van der Waals surface area (Å²) in [6, 6.07) is 1.67. The van der Waals surface area contributed by atoms with Crippen molar-refractivity contribution in [1.29, 1.82) is 0 Å². The maximum Gasteiger partial charge on any atom is 0.258 e. The fourth-order valence-corrected chi connectivity index (χ4v) is 2.21. The molecule has 1 aliphatic rings. The van der Waals surface area contributed by atoms with Gasteiger partial charge in [-0.05, 0) is 19.9 Å². The lowest BCUT2D eigenvalue weighted by atomic mass is 9.97. The first-order chi connectivity index (χ1) is 8.48. The monoisotopic (exact) mass is 250 g/mol. The molecule has 0 unspecified atom stereocenters. The van der Waals surface area contributed by atoms with Crippen LogP contribution in [0, 0.1) is 0 Å². The number of nitrogens with zero attached hydrogens (tertiary/aromatic N) is 1. The van der Waals surface area contributed by atoms with Crippen LogP contribution < -0.4 is 5.32 Å². The molecule has 0 bridgehead atoms. The van der Waals surface area contributed by atoms with Gasteiger partial charge in [-0.3, -0.25) is 9.59 Å². The number of amides is 2. The van der Waals surface area contributed by atoms with Gasteiger partial charge in [0.15, 0.2) is 0 Å². The van der Waals surface area contributed by atoms with Crippen LogP contribution in [0.25, 0.3) is 0 Å². The third kappa shape index (κ3) is 1.89. The van der Waals surface area contributed by atoms with Crippen LogP contribution in [0.1, 0.15) is 36.9 Å². The van der Waals surface area contributed by atoms with E-state index in [9.17, 15) is 9.59 Å². The lowest BCUT2D eigenvalue weighted by Gasteiger charge is -2.41. The lowest BCUT2D eigenvalue weighted by Crippen LogP contribution is -2.63. The summed E-state index contributed by atoms with van der Waals surface area (Å²) in [5.41, 5.74) is -0.266. The van der Waals surface area contributed by atoms with E-state index < -0.39 is 5.54 Å². The first-order valence-corrected chi connectivity index (χ1v) is 6.15. The van der Waals surface area contributed by atoms with Crippen molar-refractivity contribution in [3.05, 3.63) is 23.7 Å². The van der Waals surface area contributed by atoms with Gasteiger partial charge in [-0.2, -0.15) is 0 Å². The van der Waals surface area contributed by atoms with Crippen molar-refractivity contribution in [1.82, 2.24) is 10.2 Å². The van der Waals surface area contributed by atoms with Crippen LogP contribution in [0.4, 0.5) is 0 Å². The predicted molar refractivity (Wildman–Crippen MR) is 66.2 cm³/mol. The summed E-state index contributed by atoms with van der Waals surface area (Å²) >= 11 is 0. The second-order valence-corrected chi connectivity index (χ2v) is 4.88. The summed E-state index contributed by atoms with van der Waals surface area (Å²) in [7, 11) is 0. The third-order valence-corrected chi connectivity index (χ3v) is 3.39. The zero-order valence-electron chi connectivity index (χ0n) is 10.9. The van der Waals surface area contributed by atoms with E-state index in [-0.39, 0.29) is 11.8 Å². The average Bonchev–Trinajstić information content (AvgIpc) is 2.80. The SMILES string of the molecule is CCc1occc1C(=O)N1CCNC(=O)C1(C)C. The van der Waals surface area contributed by atoms with Crippen LogP contribution in [0.3, 0.4) is 0 Å². The van der Waals surface area contributed by atoms with Gasteiger partial charge in [0.05, 0.1) is 11.8 Å². The van der Waals surface area contributed by atoms with Gasteiger partial charge in [0, 0.05) is 19.5 Å². The van der Waals surface area contributed by atoms with Crippen molar-refractivity contribution in [3.8, 4) is 0 Å². The summed E-state index contributed by atoms with van der Waals surface area (Å²) in [5, 5.41) is 2.77. The highest BCUT2D eigenvalue weighted by Crippen LogP contribution is 2.22. The van der Waals surface area contributed by atoms with Gasteiger partial charge >= 0.3 is 0 Å². The molecule has 0 saturated carbocycles. The number of carbonyl (C=O) groups is 2. The van der Waals surface area contributed by atoms with Crippen LogP contribution in [-0.4, -0.2) is 35.3 Å². The van der Waals surface area contributed by atoms with Gasteiger partial charge in [-0.1, -0.05) is 6.92 Å². The zero-order chi connectivity index (χ0) is 13.3. The summed E-state index contributed by atoms with van der Waals surface area (Å²) < 4.78 is 5.27. The zero-order valence-corrected chi connectivity index (χ0v) is 10.9. The number of hydrogen-bond donors (Lipinski definition) is 1. The van der Waals surface area contributed by atoms with E-state index in [1.165, 1.54) is 6.26 Å². The maximum atomic E-state index is 12.5. The maximum absolute atomic E-state index is 12.5. The van der Waals surface area contributed by atoms with E-state index >= 15 is 0 Å². The number of nitrogens with one attached hydrogen (secondary N) is 1. The average molecular weight is 250 g/mol. The van der Waals surface area contributed by atoms with Gasteiger partial charge < -0.3 is 14.6 Å². The number of carbonyl (C=O) groups excluding carboxylic acids is 2. The normalized spacial score (nSPS) is 18.6. The first kappa shape index (κ1) is 12.7. The van der Waals surface area contributed by atoms with Crippen LogP contribution in [-0.2, 0) is 11.2 Å². The number of hydrogen-bond acceptors (Lipinski definition) is 3. The summed E-state index contributed by atoms with van der Waals surface area (Å²) in [6.45, 7) is 6.46. The smallest absolute Gasteiger partial charge is 0.258 e. The molecule has 0 aliphatic carbocycles. The van der Waals surface area contributed by atoms with Crippen molar-refractivity contribution in [3.63, 3.8) is 0 Å². The van der Waals surface area contributed by atoms with Crippen molar-refractivity contribution in [2.75, 3.05) is 13.1 Å². The summed E-state index contributed by atoms with van der Waals surface area (Å²) in [4.78, 5) is 25.9. The van der Waals surface area contributed by atoms with Crippen molar-refractivity contribution in [2.45, 2.75) is 32.7 Å². The Morgan fingerprint density at radius 2 is 2.28 bits per heavy atom. The minimum atomic E-state index is -0.822. The molecule has 2 rings (SSSR count). The Morgan fingerprint density at radius 3 is 2.94 bits per heavy atom. The van der Waals surface area contributed by atoms with Crippen LogP contribution >= 0.6 is 0 Å². The molecule has 0 aromatic carbocycles. The molecule has 0 atom stereocenters. The van der Waals surface area contributed by atoms with Crippen LogP contribution in [0.5, 0.6) is 0 Å². The molecule has 98 valence electrons. The first-order valence-electron chi connectivity index (χ1n) is 6.15. The summed E-state index contributed by atoms with van der Waals surface area (Å²) in [5.74, 6) is 0.408. The highest BCUT2D eigenvalue weighted by molar-refractivity contribution is 6.00. The topological polar surface area (TPSA) is 62.6 Å². The molecule has 1 aliphatic heterocycles. The molecule has 1 fully saturated rings. The molecule has 2 heterocycles. The van der Waals surface area contributed by atoms with Crippen LogP contribution in [0.15, 0.2) is 16.7 Å². The van der Waals surface area contributed by atoms with Gasteiger partial charge in [-0.15, -0.1) is 0 Å². The van der Waals surface area contributed by atoms with Crippen molar-refractivity contribution >= 4 is 11.8 Å². The number of piperazine rings is 1. The highest BCUT2D eigenvalue weighted by Gasteiger charge is 2.41. The minimum absolute atomic E-state index is 0.122.